The molecule has 0 saturated carbocycles. The number of rotatable bonds is 1. The summed E-state index contributed by atoms with van der Waals surface area (Å²) in [6.07, 6.45) is 1.97. The van der Waals surface area contributed by atoms with Gasteiger partial charge in [-0.05, 0) is 0 Å². The van der Waals surface area contributed by atoms with E-state index in [0.29, 0.717) is 0 Å². The highest BCUT2D eigenvalue weighted by molar-refractivity contribution is 5.59. The largest absolute Gasteiger partial charge is 0.243 e. The Kier molecular flexibility index (Phi) is 1.89. The molecule has 0 radical (unpaired) electrons. The summed E-state index contributed by atoms with van der Waals surface area (Å²) in [4.78, 5) is 3.25. The molecule has 0 atom stereocenters. The van der Waals surface area contributed by atoms with Crippen LogP contribution in [0.1, 0.15) is 5.69 Å². The van der Waals surface area contributed by atoms with E-state index in [4.69, 9.17) is 0 Å². The lowest BCUT2D eigenvalue weighted by Crippen LogP contribution is -2.27. The number of benzene rings is 1. The summed E-state index contributed by atoms with van der Waals surface area (Å²) in [5.41, 5.74) is 3.69. The molecule has 2 heteroatoms. The van der Waals surface area contributed by atoms with Gasteiger partial charge in [0, 0.05) is 12.5 Å². The second-order valence-corrected chi connectivity index (χ2v) is 3.21. The predicted molar refractivity (Wildman–Crippen MR) is 52.1 cm³/mol. The quantitative estimate of drug-likeness (QED) is 0.635. The molecule has 0 saturated heterocycles. The maximum Gasteiger partial charge on any atom is 0.242 e. The number of nitrogens with one attached hydrogen (secondary N) is 1. The summed E-state index contributed by atoms with van der Waals surface area (Å²) < 4.78 is 2.09. The smallest absolute Gasteiger partial charge is 0.242 e. The third kappa shape index (κ3) is 1.35. The van der Waals surface area contributed by atoms with Crippen molar-refractivity contribution < 1.29 is 4.57 Å². The third-order valence-electron chi connectivity index (χ3n) is 2.36. The minimum absolute atomic E-state index is 1.20. The molecular formula is C11H13N2+. The second kappa shape index (κ2) is 3.05. The van der Waals surface area contributed by atoms with Crippen LogP contribution < -0.4 is 4.57 Å². The summed E-state index contributed by atoms with van der Waals surface area (Å²) in [5, 5.41) is 0. The summed E-state index contributed by atoms with van der Waals surface area (Å²) in [6.45, 7) is 2.11. The fourth-order valence-electron chi connectivity index (χ4n) is 1.44. The Hall–Kier alpha value is -1.57. The minimum Gasteiger partial charge on any atom is -0.243 e. The van der Waals surface area contributed by atoms with E-state index in [2.05, 4.69) is 40.7 Å². The van der Waals surface area contributed by atoms with Crippen LogP contribution in [-0.4, -0.2) is 4.98 Å². The highest BCUT2D eigenvalue weighted by Crippen LogP contribution is 2.17. The molecule has 1 N–H and O–H groups in total. The molecule has 2 rings (SSSR count). The van der Waals surface area contributed by atoms with Gasteiger partial charge in [-0.15, -0.1) is 0 Å². The minimum atomic E-state index is 1.20. The number of H-pyrrole nitrogens is 1. The molecular weight excluding hydrogens is 160 g/mol. The van der Waals surface area contributed by atoms with Crippen molar-refractivity contribution in [2.24, 2.45) is 7.05 Å². The van der Waals surface area contributed by atoms with Crippen LogP contribution in [0.3, 0.4) is 0 Å². The van der Waals surface area contributed by atoms with Crippen molar-refractivity contribution in [3.8, 4) is 11.3 Å². The van der Waals surface area contributed by atoms with E-state index >= 15 is 0 Å². The molecule has 0 amide bonds. The Balaban J connectivity index is 2.53. The summed E-state index contributed by atoms with van der Waals surface area (Å²) in [5.74, 6) is 0. The Labute approximate surface area is 77.9 Å². The molecule has 0 spiro atoms. The van der Waals surface area contributed by atoms with Gasteiger partial charge in [-0.1, -0.05) is 30.3 Å². The van der Waals surface area contributed by atoms with Crippen LogP contribution in [0.15, 0.2) is 36.7 Å². The van der Waals surface area contributed by atoms with Gasteiger partial charge in [0.1, 0.15) is 5.69 Å². The first-order valence-electron chi connectivity index (χ1n) is 4.38. The van der Waals surface area contributed by atoms with Gasteiger partial charge in [0.25, 0.3) is 0 Å². The molecule has 1 heterocycles. The highest BCUT2D eigenvalue weighted by Gasteiger charge is 2.11. The lowest BCUT2D eigenvalue weighted by Gasteiger charge is -1.94. The maximum absolute atomic E-state index is 3.25. The predicted octanol–water partition coefficient (Wildman–Crippen LogP) is 1.81. The van der Waals surface area contributed by atoms with E-state index in [9.17, 15) is 0 Å². The van der Waals surface area contributed by atoms with Crippen molar-refractivity contribution in [1.82, 2.24) is 4.98 Å². The molecule has 0 bridgehead atoms. The van der Waals surface area contributed by atoms with E-state index in [1.54, 1.807) is 0 Å². The molecule has 0 aliphatic rings. The van der Waals surface area contributed by atoms with Crippen LogP contribution in [0.5, 0.6) is 0 Å². The average Bonchev–Trinajstić information content (AvgIpc) is 2.49. The van der Waals surface area contributed by atoms with E-state index in [-0.39, 0.29) is 0 Å². The lowest BCUT2D eigenvalue weighted by atomic mass is 10.1. The van der Waals surface area contributed by atoms with Crippen LogP contribution in [0.25, 0.3) is 11.3 Å². The molecule has 0 aliphatic heterocycles. The molecule has 2 aromatic rings. The van der Waals surface area contributed by atoms with E-state index < -0.39 is 0 Å². The van der Waals surface area contributed by atoms with Gasteiger partial charge in [0.05, 0.1) is 7.05 Å². The number of aryl methyl sites for hydroxylation is 1. The fraction of sp³-hybridized carbons (Fsp3) is 0.182. The van der Waals surface area contributed by atoms with Crippen molar-refractivity contribution in [1.29, 1.82) is 0 Å². The third-order valence-corrected chi connectivity index (χ3v) is 2.36. The van der Waals surface area contributed by atoms with Gasteiger partial charge in [-0.2, -0.15) is 0 Å². The van der Waals surface area contributed by atoms with Crippen molar-refractivity contribution >= 4 is 0 Å². The SMILES string of the molecule is Cc1c(-c2ccccc2)[nH]c[n+]1C. The van der Waals surface area contributed by atoms with E-state index in [1.807, 2.05) is 19.4 Å². The van der Waals surface area contributed by atoms with Crippen LogP contribution in [0.2, 0.25) is 0 Å². The van der Waals surface area contributed by atoms with Crippen molar-refractivity contribution in [2.45, 2.75) is 6.92 Å². The zero-order chi connectivity index (χ0) is 9.26. The first-order chi connectivity index (χ1) is 6.29. The monoisotopic (exact) mass is 173 g/mol. The topological polar surface area (TPSA) is 19.7 Å². The van der Waals surface area contributed by atoms with Crippen molar-refractivity contribution in [2.75, 3.05) is 0 Å². The fourth-order valence-corrected chi connectivity index (χ4v) is 1.44. The van der Waals surface area contributed by atoms with Gasteiger partial charge in [-0.3, -0.25) is 0 Å². The average molecular weight is 173 g/mol. The number of hydrogen-bond donors (Lipinski definition) is 1. The Morgan fingerprint density at radius 3 is 2.38 bits per heavy atom. The summed E-state index contributed by atoms with van der Waals surface area (Å²) >= 11 is 0. The molecule has 0 aliphatic carbocycles. The van der Waals surface area contributed by atoms with Gasteiger partial charge in [0.15, 0.2) is 5.69 Å². The van der Waals surface area contributed by atoms with Gasteiger partial charge in [0.2, 0.25) is 6.33 Å². The molecule has 1 aromatic heterocycles. The van der Waals surface area contributed by atoms with Crippen LogP contribution in [-0.2, 0) is 7.05 Å². The van der Waals surface area contributed by atoms with Gasteiger partial charge in [-0.25, -0.2) is 9.55 Å². The zero-order valence-electron chi connectivity index (χ0n) is 7.91. The highest BCUT2D eigenvalue weighted by atomic mass is 15.0. The molecule has 66 valence electrons. The standard InChI is InChI=1S/C11H12N2/c1-9-11(12-8-13(9)2)10-6-4-3-5-7-10/h3-8H,1-2H3/p+1. The molecule has 0 fully saturated rings. The number of nitrogens with zero attached hydrogens (tertiary/aromatic N) is 1. The first-order valence-corrected chi connectivity index (χ1v) is 4.38. The number of aromatic nitrogens is 2. The summed E-state index contributed by atoms with van der Waals surface area (Å²) in [7, 11) is 2.04. The van der Waals surface area contributed by atoms with E-state index in [1.165, 1.54) is 17.0 Å². The first kappa shape index (κ1) is 8.05. The normalized spacial score (nSPS) is 10.3. The molecule has 0 unspecified atom stereocenters. The maximum atomic E-state index is 3.25. The molecule has 13 heavy (non-hydrogen) atoms. The van der Waals surface area contributed by atoms with Gasteiger partial charge < -0.3 is 0 Å². The number of imidazole rings is 1. The van der Waals surface area contributed by atoms with Crippen LogP contribution in [0.4, 0.5) is 0 Å². The number of aromatic amines is 1. The van der Waals surface area contributed by atoms with E-state index in [0.717, 1.165) is 0 Å². The van der Waals surface area contributed by atoms with Crippen molar-refractivity contribution in [3.05, 3.63) is 42.4 Å². The Morgan fingerprint density at radius 2 is 1.85 bits per heavy atom. The van der Waals surface area contributed by atoms with Crippen molar-refractivity contribution in [3.63, 3.8) is 0 Å². The van der Waals surface area contributed by atoms with Crippen LogP contribution >= 0.6 is 0 Å². The Morgan fingerprint density at radius 1 is 1.15 bits per heavy atom. The summed E-state index contributed by atoms with van der Waals surface area (Å²) in [6, 6.07) is 10.4. The van der Waals surface area contributed by atoms with Crippen LogP contribution in [0, 0.1) is 6.92 Å². The zero-order valence-corrected chi connectivity index (χ0v) is 7.91. The number of hydrogen-bond acceptors (Lipinski definition) is 0. The Bertz CT molecular complexity index is 401. The van der Waals surface area contributed by atoms with Gasteiger partial charge >= 0.3 is 0 Å². The molecule has 1 aromatic carbocycles. The molecule has 2 nitrogen and oxygen atoms in total. The lowest BCUT2D eigenvalue weighted by molar-refractivity contribution is -0.675. The second-order valence-electron chi connectivity index (χ2n) is 3.21.